The van der Waals surface area contributed by atoms with Gasteiger partial charge in [0.2, 0.25) is 0 Å². The van der Waals surface area contributed by atoms with Crippen LogP contribution in [0.3, 0.4) is 0 Å². The smallest absolute Gasteiger partial charge is 0.0276 e. The average Bonchev–Trinajstić information content (AvgIpc) is 2.23. The molecule has 0 saturated heterocycles. The van der Waals surface area contributed by atoms with Crippen molar-refractivity contribution in [3.05, 3.63) is 11.8 Å². The van der Waals surface area contributed by atoms with Crippen LogP contribution in [-0.4, -0.2) is 12.8 Å². The first kappa shape index (κ1) is 13.2. The molecule has 0 aromatic heterocycles. The molecule has 0 aromatic carbocycles. The molecule has 1 unspecified atom stereocenters. The van der Waals surface area contributed by atoms with Gasteiger partial charge in [-0.25, -0.2) is 0 Å². The van der Waals surface area contributed by atoms with Gasteiger partial charge in [-0.3, -0.25) is 4.99 Å². The van der Waals surface area contributed by atoms with E-state index < -0.39 is 0 Å². The number of hydrogen-bond acceptors (Lipinski definition) is 2. The van der Waals surface area contributed by atoms with Crippen LogP contribution in [-0.2, 0) is 0 Å². The minimum Gasteiger partial charge on any atom is -0.405 e. The molecule has 0 aliphatic rings. The van der Waals surface area contributed by atoms with Crippen molar-refractivity contribution >= 4 is 5.71 Å². The first-order chi connectivity index (χ1) is 6.71. The van der Waals surface area contributed by atoms with E-state index in [1.165, 1.54) is 30.5 Å². The zero-order valence-corrected chi connectivity index (χ0v) is 10.0. The Morgan fingerprint density at radius 3 is 2.43 bits per heavy atom. The van der Waals surface area contributed by atoms with Gasteiger partial charge in [-0.05, 0) is 31.5 Å². The van der Waals surface area contributed by atoms with Gasteiger partial charge in [-0.2, -0.15) is 0 Å². The number of allylic oxidation sites excluding steroid dienone is 1. The van der Waals surface area contributed by atoms with Crippen LogP contribution in [0.1, 0.15) is 46.5 Å². The minimum absolute atomic E-state index is 0.468. The molecule has 0 amide bonds. The third-order valence-corrected chi connectivity index (χ3v) is 2.77. The second-order valence-electron chi connectivity index (χ2n) is 3.65. The monoisotopic (exact) mass is 196 g/mol. The Kier molecular flexibility index (Phi) is 7.17. The molecule has 0 heterocycles. The first-order valence-electron chi connectivity index (χ1n) is 5.55. The molecule has 82 valence electrons. The van der Waals surface area contributed by atoms with E-state index in [1.54, 1.807) is 6.20 Å². The van der Waals surface area contributed by atoms with Crippen molar-refractivity contribution in [2.75, 3.05) is 7.05 Å². The Morgan fingerprint density at radius 1 is 1.43 bits per heavy atom. The third kappa shape index (κ3) is 3.95. The lowest BCUT2D eigenvalue weighted by Gasteiger charge is -2.18. The van der Waals surface area contributed by atoms with Gasteiger partial charge >= 0.3 is 0 Å². The maximum absolute atomic E-state index is 5.63. The van der Waals surface area contributed by atoms with Crippen LogP contribution in [0.15, 0.2) is 16.8 Å². The van der Waals surface area contributed by atoms with Gasteiger partial charge < -0.3 is 5.73 Å². The molecule has 0 aliphatic heterocycles. The van der Waals surface area contributed by atoms with E-state index in [2.05, 4.69) is 25.8 Å². The SMILES string of the molecule is CCCCC(/C(=C\N)CC)/C(C)=N\C. The van der Waals surface area contributed by atoms with Crippen LogP contribution in [0.4, 0.5) is 0 Å². The Balaban J connectivity index is 4.54. The molecule has 1 atom stereocenters. The van der Waals surface area contributed by atoms with Crippen molar-refractivity contribution in [2.45, 2.75) is 46.5 Å². The van der Waals surface area contributed by atoms with Crippen LogP contribution >= 0.6 is 0 Å². The van der Waals surface area contributed by atoms with Crippen molar-refractivity contribution in [3.8, 4) is 0 Å². The van der Waals surface area contributed by atoms with E-state index in [1.807, 2.05) is 7.05 Å². The Bertz CT molecular complexity index is 204. The van der Waals surface area contributed by atoms with Gasteiger partial charge in [-0.15, -0.1) is 0 Å². The summed E-state index contributed by atoms with van der Waals surface area (Å²) in [6, 6.07) is 0. The summed E-state index contributed by atoms with van der Waals surface area (Å²) < 4.78 is 0. The molecular weight excluding hydrogens is 172 g/mol. The van der Waals surface area contributed by atoms with Crippen LogP contribution in [0.25, 0.3) is 0 Å². The summed E-state index contributed by atoms with van der Waals surface area (Å²) >= 11 is 0. The molecule has 0 aromatic rings. The van der Waals surface area contributed by atoms with E-state index in [4.69, 9.17) is 5.73 Å². The molecule has 0 spiro atoms. The van der Waals surface area contributed by atoms with E-state index in [0.717, 1.165) is 6.42 Å². The summed E-state index contributed by atoms with van der Waals surface area (Å²) in [6.07, 6.45) is 6.44. The number of hydrogen-bond donors (Lipinski definition) is 1. The molecule has 2 heteroatoms. The summed E-state index contributed by atoms with van der Waals surface area (Å²) in [5.41, 5.74) is 8.16. The molecule has 2 nitrogen and oxygen atoms in total. The lowest BCUT2D eigenvalue weighted by Crippen LogP contribution is -2.15. The number of rotatable bonds is 6. The van der Waals surface area contributed by atoms with Gasteiger partial charge in [0, 0.05) is 18.7 Å². The van der Waals surface area contributed by atoms with Crippen molar-refractivity contribution in [1.82, 2.24) is 0 Å². The fourth-order valence-corrected chi connectivity index (χ4v) is 1.71. The molecule has 0 radical (unpaired) electrons. The van der Waals surface area contributed by atoms with E-state index in [9.17, 15) is 0 Å². The van der Waals surface area contributed by atoms with Gasteiger partial charge in [0.25, 0.3) is 0 Å². The predicted octanol–water partition coefficient (Wildman–Crippen LogP) is 3.14. The van der Waals surface area contributed by atoms with Gasteiger partial charge in [0.1, 0.15) is 0 Å². The number of nitrogens with two attached hydrogens (primary N) is 1. The Hall–Kier alpha value is -0.790. The first-order valence-corrected chi connectivity index (χ1v) is 5.55. The summed E-state index contributed by atoms with van der Waals surface area (Å²) in [7, 11) is 1.86. The number of nitrogens with zero attached hydrogens (tertiary/aromatic N) is 1. The van der Waals surface area contributed by atoms with Gasteiger partial charge in [0.05, 0.1) is 0 Å². The number of unbranched alkanes of at least 4 members (excludes halogenated alkanes) is 1. The topological polar surface area (TPSA) is 38.4 Å². The highest BCUT2D eigenvalue weighted by Gasteiger charge is 2.14. The van der Waals surface area contributed by atoms with Crippen LogP contribution in [0, 0.1) is 5.92 Å². The zero-order valence-electron chi connectivity index (χ0n) is 10.0. The normalized spacial score (nSPS) is 15.7. The zero-order chi connectivity index (χ0) is 11.0. The lowest BCUT2D eigenvalue weighted by atomic mass is 9.88. The fraction of sp³-hybridized carbons (Fsp3) is 0.750. The van der Waals surface area contributed by atoms with Gasteiger partial charge in [0.15, 0.2) is 0 Å². The summed E-state index contributed by atoms with van der Waals surface area (Å²) in [5, 5.41) is 0. The molecular formula is C12H24N2. The summed E-state index contributed by atoms with van der Waals surface area (Å²) in [5.74, 6) is 0.468. The highest BCUT2D eigenvalue weighted by molar-refractivity contribution is 5.86. The summed E-state index contributed by atoms with van der Waals surface area (Å²) in [6.45, 7) is 6.47. The van der Waals surface area contributed by atoms with Gasteiger partial charge in [-0.1, -0.05) is 26.7 Å². The molecule has 0 aliphatic carbocycles. The van der Waals surface area contributed by atoms with Crippen molar-refractivity contribution in [2.24, 2.45) is 16.6 Å². The number of aliphatic imine (C=N–C) groups is 1. The maximum Gasteiger partial charge on any atom is 0.0276 e. The Labute approximate surface area is 88.3 Å². The van der Waals surface area contributed by atoms with Crippen LogP contribution < -0.4 is 5.73 Å². The van der Waals surface area contributed by atoms with Crippen LogP contribution in [0.2, 0.25) is 0 Å². The quantitative estimate of drug-likeness (QED) is 0.651. The van der Waals surface area contributed by atoms with Crippen molar-refractivity contribution in [3.63, 3.8) is 0 Å². The molecule has 0 saturated carbocycles. The second-order valence-corrected chi connectivity index (χ2v) is 3.65. The van der Waals surface area contributed by atoms with Crippen LogP contribution in [0.5, 0.6) is 0 Å². The largest absolute Gasteiger partial charge is 0.405 e. The molecule has 0 bridgehead atoms. The highest BCUT2D eigenvalue weighted by Crippen LogP contribution is 2.21. The molecule has 2 N–H and O–H groups in total. The Morgan fingerprint density at radius 2 is 2.07 bits per heavy atom. The highest BCUT2D eigenvalue weighted by atomic mass is 14.7. The van der Waals surface area contributed by atoms with E-state index in [-0.39, 0.29) is 0 Å². The van der Waals surface area contributed by atoms with E-state index >= 15 is 0 Å². The van der Waals surface area contributed by atoms with Crippen molar-refractivity contribution in [1.29, 1.82) is 0 Å². The second kappa shape index (κ2) is 7.60. The lowest BCUT2D eigenvalue weighted by molar-refractivity contribution is 0.625. The standard InChI is InChI=1S/C12H24N2/c1-5-7-8-12(10(3)14-4)11(6-2)9-13/h9,12H,5-8,13H2,1-4H3/b11-9-,14-10-. The molecule has 0 rings (SSSR count). The minimum atomic E-state index is 0.468. The summed E-state index contributed by atoms with van der Waals surface area (Å²) in [4.78, 5) is 4.28. The maximum atomic E-state index is 5.63. The predicted molar refractivity (Wildman–Crippen MR) is 64.6 cm³/mol. The fourth-order valence-electron chi connectivity index (χ4n) is 1.71. The average molecular weight is 196 g/mol. The molecule has 14 heavy (non-hydrogen) atoms. The van der Waals surface area contributed by atoms with Crippen molar-refractivity contribution < 1.29 is 0 Å². The third-order valence-electron chi connectivity index (χ3n) is 2.77. The molecule has 0 fully saturated rings. The van der Waals surface area contributed by atoms with E-state index in [0.29, 0.717) is 5.92 Å².